The molecule has 0 N–H and O–H groups in total. The van der Waals surface area contributed by atoms with Crippen molar-refractivity contribution < 1.29 is 4.74 Å². The molecular formula is C11H12O. The Labute approximate surface area is 73.4 Å². The minimum absolute atomic E-state index is 0.0854. The predicted molar refractivity (Wildman–Crippen MR) is 49.6 cm³/mol. The first-order valence-corrected chi connectivity index (χ1v) is 3.94. The lowest BCUT2D eigenvalue weighted by molar-refractivity contribution is 0.0927. The first-order chi connectivity index (χ1) is 5.84. The summed E-state index contributed by atoms with van der Waals surface area (Å²) in [5.74, 6) is 2.45. The Morgan fingerprint density at radius 2 is 2.08 bits per heavy atom. The molecule has 0 aliphatic rings. The average Bonchev–Trinajstić information content (AvgIpc) is 2.15. The van der Waals surface area contributed by atoms with Gasteiger partial charge in [0.25, 0.3) is 0 Å². The van der Waals surface area contributed by atoms with Gasteiger partial charge in [-0.25, -0.2) is 0 Å². The van der Waals surface area contributed by atoms with Crippen molar-refractivity contribution in [1.29, 1.82) is 0 Å². The smallest absolute Gasteiger partial charge is 0.108 e. The van der Waals surface area contributed by atoms with Gasteiger partial charge >= 0.3 is 0 Å². The Morgan fingerprint density at radius 1 is 1.42 bits per heavy atom. The van der Waals surface area contributed by atoms with E-state index < -0.39 is 0 Å². The van der Waals surface area contributed by atoms with Crippen LogP contribution < -0.4 is 0 Å². The Bertz CT molecular complexity index is 258. The normalized spacial score (nSPS) is 12.0. The van der Waals surface area contributed by atoms with Crippen LogP contribution in [0.2, 0.25) is 0 Å². The van der Waals surface area contributed by atoms with Crippen LogP contribution in [0.5, 0.6) is 0 Å². The van der Waals surface area contributed by atoms with E-state index >= 15 is 0 Å². The van der Waals surface area contributed by atoms with E-state index in [9.17, 15) is 0 Å². The lowest BCUT2D eigenvalue weighted by Gasteiger charge is -2.10. The summed E-state index contributed by atoms with van der Waals surface area (Å²) in [7, 11) is 0. The van der Waals surface area contributed by atoms with Crippen molar-refractivity contribution in [3.63, 3.8) is 0 Å². The zero-order valence-electron chi connectivity index (χ0n) is 7.16. The second kappa shape index (κ2) is 4.58. The van der Waals surface area contributed by atoms with E-state index in [1.165, 1.54) is 0 Å². The maximum absolute atomic E-state index is 5.34. The van der Waals surface area contributed by atoms with Crippen LogP contribution in [0, 0.1) is 12.3 Å². The molecule has 0 bridgehead atoms. The van der Waals surface area contributed by atoms with E-state index in [1.54, 1.807) is 0 Å². The van der Waals surface area contributed by atoms with Crippen molar-refractivity contribution in [2.75, 3.05) is 6.61 Å². The van der Waals surface area contributed by atoms with E-state index in [0.717, 1.165) is 5.56 Å². The molecule has 1 rings (SSSR count). The highest BCUT2D eigenvalue weighted by Crippen LogP contribution is 2.14. The fourth-order valence-corrected chi connectivity index (χ4v) is 0.993. The lowest BCUT2D eigenvalue weighted by atomic mass is 10.1. The zero-order valence-corrected chi connectivity index (χ0v) is 7.16. The first kappa shape index (κ1) is 8.83. The van der Waals surface area contributed by atoms with Crippen molar-refractivity contribution in [2.24, 2.45) is 0 Å². The van der Waals surface area contributed by atoms with Crippen molar-refractivity contribution >= 4 is 0 Å². The number of rotatable bonds is 3. The highest BCUT2D eigenvalue weighted by molar-refractivity contribution is 5.16. The standard InChI is InChI=1S/C11H12O/c1-3-9-12-10(2)11-7-5-4-6-8-11/h1,4-8,10H,9H2,2H3. The van der Waals surface area contributed by atoms with Crippen LogP contribution in [-0.2, 0) is 4.74 Å². The summed E-state index contributed by atoms with van der Waals surface area (Å²) < 4.78 is 5.34. The van der Waals surface area contributed by atoms with Crippen molar-refractivity contribution in [1.82, 2.24) is 0 Å². The summed E-state index contributed by atoms with van der Waals surface area (Å²) >= 11 is 0. The van der Waals surface area contributed by atoms with Crippen molar-refractivity contribution in [2.45, 2.75) is 13.0 Å². The van der Waals surface area contributed by atoms with Crippen LogP contribution in [0.3, 0.4) is 0 Å². The molecule has 1 aromatic rings. The van der Waals surface area contributed by atoms with Crippen LogP contribution in [0.25, 0.3) is 0 Å². The first-order valence-electron chi connectivity index (χ1n) is 3.94. The summed E-state index contributed by atoms with van der Waals surface area (Å²) in [6.07, 6.45) is 5.17. The highest BCUT2D eigenvalue weighted by Gasteiger charge is 2.02. The minimum Gasteiger partial charge on any atom is -0.361 e. The molecule has 0 fully saturated rings. The summed E-state index contributed by atoms with van der Waals surface area (Å²) in [6.45, 7) is 2.36. The van der Waals surface area contributed by atoms with Crippen molar-refractivity contribution in [3.8, 4) is 12.3 Å². The van der Waals surface area contributed by atoms with Gasteiger partial charge in [0.2, 0.25) is 0 Å². The van der Waals surface area contributed by atoms with Gasteiger partial charge in [0.1, 0.15) is 6.61 Å². The van der Waals surface area contributed by atoms with Gasteiger partial charge in [-0.05, 0) is 12.5 Å². The molecule has 1 aromatic carbocycles. The van der Waals surface area contributed by atoms with Crippen LogP contribution >= 0.6 is 0 Å². The summed E-state index contributed by atoms with van der Waals surface area (Å²) in [6, 6.07) is 10.0. The molecule has 0 heterocycles. The third kappa shape index (κ3) is 2.41. The number of ether oxygens (including phenoxy) is 1. The van der Waals surface area contributed by atoms with Gasteiger partial charge in [0.15, 0.2) is 0 Å². The molecule has 1 heteroatoms. The maximum atomic E-state index is 5.34. The quantitative estimate of drug-likeness (QED) is 0.617. The fraction of sp³-hybridized carbons (Fsp3) is 0.273. The van der Waals surface area contributed by atoms with Gasteiger partial charge in [0, 0.05) is 0 Å². The Morgan fingerprint density at radius 3 is 2.67 bits per heavy atom. The van der Waals surface area contributed by atoms with Gasteiger partial charge in [-0.2, -0.15) is 0 Å². The molecule has 0 saturated carbocycles. The van der Waals surface area contributed by atoms with Gasteiger partial charge in [-0.1, -0.05) is 36.3 Å². The number of hydrogen-bond acceptors (Lipinski definition) is 1. The average molecular weight is 160 g/mol. The monoisotopic (exact) mass is 160 g/mol. The summed E-state index contributed by atoms with van der Waals surface area (Å²) in [5.41, 5.74) is 1.16. The van der Waals surface area contributed by atoms with E-state index in [2.05, 4.69) is 5.92 Å². The molecule has 0 aliphatic carbocycles. The molecule has 0 spiro atoms. The topological polar surface area (TPSA) is 9.23 Å². The van der Waals surface area contributed by atoms with Gasteiger partial charge in [-0.15, -0.1) is 6.42 Å². The summed E-state index contributed by atoms with van der Waals surface area (Å²) in [5, 5.41) is 0. The van der Waals surface area contributed by atoms with Crippen LogP contribution in [0.4, 0.5) is 0 Å². The Kier molecular flexibility index (Phi) is 3.37. The third-order valence-electron chi connectivity index (χ3n) is 1.69. The predicted octanol–water partition coefficient (Wildman–Crippen LogP) is 2.40. The Balaban J connectivity index is 2.55. The highest BCUT2D eigenvalue weighted by atomic mass is 16.5. The van der Waals surface area contributed by atoms with Gasteiger partial charge in [-0.3, -0.25) is 0 Å². The van der Waals surface area contributed by atoms with Crippen LogP contribution in [0.15, 0.2) is 30.3 Å². The molecule has 62 valence electrons. The Hall–Kier alpha value is -1.26. The third-order valence-corrected chi connectivity index (χ3v) is 1.69. The maximum Gasteiger partial charge on any atom is 0.108 e. The second-order valence-corrected chi connectivity index (χ2v) is 2.57. The van der Waals surface area contributed by atoms with Crippen LogP contribution in [-0.4, -0.2) is 6.61 Å². The molecule has 0 amide bonds. The van der Waals surface area contributed by atoms with E-state index in [-0.39, 0.29) is 6.10 Å². The van der Waals surface area contributed by atoms with E-state index in [4.69, 9.17) is 11.2 Å². The fourth-order valence-electron chi connectivity index (χ4n) is 0.993. The molecule has 0 saturated heterocycles. The second-order valence-electron chi connectivity index (χ2n) is 2.57. The van der Waals surface area contributed by atoms with Gasteiger partial charge in [0.05, 0.1) is 6.10 Å². The van der Waals surface area contributed by atoms with E-state index in [0.29, 0.717) is 6.61 Å². The minimum atomic E-state index is 0.0854. The number of terminal acetylenes is 1. The molecular weight excluding hydrogens is 148 g/mol. The SMILES string of the molecule is C#CCOC(C)c1ccccc1. The molecule has 1 atom stereocenters. The molecule has 1 unspecified atom stereocenters. The molecule has 12 heavy (non-hydrogen) atoms. The number of benzene rings is 1. The molecule has 0 aliphatic heterocycles. The lowest BCUT2D eigenvalue weighted by Crippen LogP contribution is -1.99. The summed E-state index contributed by atoms with van der Waals surface area (Å²) in [4.78, 5) is 0. The molecule has 0 aromatic heterocycles. The van der Waals surface area contributed by atoms with Crippen molar-refractivity contribution in [3.05, 3.63) is 35.9 Å². The van der Waals surface area contributed by atoms with Crippen LogP contribution in [0.1, 0.15) is 18.6 Å². The van der Waals surface area contributed by atoms with Gasteiger partial charge < -0.3 is 4.74 Å². The zero-order chi connectivity index (χ0) is 8.81. The number of hydrogen-bond donors (Lipinski definition) is 0. The van der Waals surface area contributed by atoms with E-state index in [1.807, 2.05) is 37.3 Å². The molecule has 1 nitrogen and oxygen atoms in total. The molecule has 0 radical (unpaired) electrons. The largest absolute Gasteiger partial charge is 0.361 e.